The van der Waals surface area contributed by atoms with Crippen LogP contribution in [-0.2, 0) is 42.9 Å². The van der Waals surface area contributed by atoms with Crippen molar-refractivity contribution in [2.24, 2.45) is 35.5 Å². The number of fused-ring (bicyclic) bond motifs is 4. The molecular weight excluding hydrogens is 929 g/mol. The Morgan fingerprint density at radius 1 is 0.877 bits per heavy atom. The van der Waals surface area contributed by atoms with Crippen LogP contribution in [0.25, 0.3) is 10.9 Å². The number of hydrogen-bond acceptors (Lipinski definition) is 12. The fourth-order valence-electron chi connectivity index (χ4n) is 11.8. The number of aryl methyl sites for hydroxylation is 1. The summed E-state index contributed by atoms with van der Waals surface area (Å²) < 4.78 is 24.0. The summed E-state index contributed by atoms with van der Waals surface area (Å²) in [6.45, 7) is 15.0. The monoisotopic (exact) mass is 1010 g/mol. The van der Waals surface area contributed by atoms with Gasteiger partial charge in [0, 0.05) is 68.0 Å². The number of benzene rings is 1. The number of methoxy groups -OCH3 is 2. The number of aliphatic hydroxyl groups excluding tert-OH is 2. The van der Waals surface area contributed by atoms with E-state index in [0.717, 1.165) is 34.0 Å². The van der Waals surface area contributed by atoms with Crippen LogP contribution in [0.5, 0.6) is 0 Å². The van der Waals surface area contributed by atoms with Crippen LogP contribution in [0.1, 0.15) is 143 Å². The van der Waals surface area contributed by atoms with E-state index in [1.165, 1.54) is 12.0 Å². The second-order valence-electron chi connectivity index (χ2n) is 22.2. The van der Waals surface area contributed by atoms with Crippen molar-refractivity contribution in [1.82, 2.24) is 9.88 Å². The summed E-state index contributed by atoms with van der Waals surface area (Å²) in [5.41, 5.74) is 4.51. The first kappa shape index (κ1) is 57.7. The van der Waals surface area contributed by atoms with Crippen LogP contribution in [0.2, 0.25) is 0 Å². The number of esters is 1. The van der Waals surface area contributed by atoms with Crippen LogP contribution < -0.4 is 0 Å². The third-order valence-corrected chi connectivity index (χ3v) is 16.6. The minimum absolute atomic E-state index is 0.00519. The van der Waals surface area contributed by atoms with Crippen molar-refractivity contribution >= 4 is 40.1 Å². The number of nitrogens with zero attached hydrogens (tertiary/aromatic N) is 1. The lowest BCUT2D eigenvalue weighted by molar-refractivity contribution is -0.264. The molecule has 0 radical (unpaired) electrons. The van der Waals surface area contributed by atoms with Gasteiger partial charge in [-0.25, -0.2) is 4.79 Å². The molecule has 2 saturated heterocycles. The van der Waals surface area contributed by atoms with Gasteiger partial charge in [-0.15, -0.1) is 0 Å². The highest BCUT2D eigenvalue weighted by atomic mass is 16.6. The van der Waals surface area contributed by atoms with Gasteiger partial charge in [0.1, 0.15) is 30.1 Å². The number of para-hydroxylation sites is 1. The van der Waals surface area contributed by atoms with Crippen LogP contribution >= 0.6 is 0 Å². The lowest BCUT2D eigenvalue weighted by Crippen LogP contribution is -2.60. The summed E-state index contributed by atoms with van der Waals surface area (Å²) in [6, 6.07) is 5.01. The molecular formula is C59H84N2O12. The number of aliphatic hydroxyl groups is 3. The summed E-state index contributed by atoms with van der Waals surface area (Å²) in [4.78, 5) is 76.5. The molecule has 14 heteroatoms. The molecule has 1 amide bonds. The average Bonchev–Trinajstić information content (AvgIpc) is 3.76. The number of piperidine rings is 1. The van der Waals surface area contributed by atoms with Gasteiger partial charge in [-0.1, -0.05) is 94.8 Å². The molecule has 402 valence electrons. The van der Waals surface area contributed by atoms with Gasteiger partial charge in [0.15, 0.2) is 5.78 Å². The van der Waals surface area contributed by atoms with Crippen LogP contribution in [-0.4, -0.2) is 124 Å². The maximum Gasteiger partial charge on any atom is 0.329 e. The number of Topliss-reactive ketones (excluding diaryl/α,β-unsaturated/α-hetero) is 3. The average molecular weight is 1010 g/mol. The quantitative estimate of drug-likeness (QED) is 0.122. The van der Waals surface area contributed by atoms with Gasteiger partial charge >= 0.3 is 5.97 Å². The molecule has 3 fully saturated rings. The second kappa shape index (κ2) is 25.8. The number of ketones is 3. The highest BCUT2D eigenvalue weighted by Gasteiger charge is 2.53. The van der Waals surface area contributed by atoms with Crippen molar-refractivity contribution in [2.75, 3.05) is 20.8 Å². The largest absolute Gasteiger partial charge is 0.460 e. The predicted octanol–water partition coefficient (Wildman–Crippen LogP) is 8.74. The van der Waals surface area contributed by atoms with E-state index in [1.54, 1.807) is 34.0 Å². The van der Waals surface area contributed by atoms with E-state index in [2.05, 4.69) is 17.1 Å². The van der Waals surface area contributed by atoms with Crippen molar-refractivity contribution in [3.8, 4) is 0 Å². The summed E-state index contributed by atoms with van der Waals surface area (Å²) in [5.74, 6) is -8.24. The molecule has 6 rings (SSSR count). The van der Waals surface area contributed by atoms with E-state index < -0.39 is 77.8 Å². The van der Waals surface area contributed by atoms with Gasteiger partial charge in [0.2, 0.25) is 5.79 Å². The van der Waals surface area contributed by atoms with Crippen LogP contribution in [0.4, 0.5) is 0 Å². The Morgan fingerprint density at radius 3 is 2.36 bits per heavy atom. The molecule has 1 aromatic heterocycles. The SMILES string of the molecule is CO[C@@H]1C[C@H](C[C@@H](C)[C@@H]2CC(=O)[C@H](C)/C=C(/C)[C@@H](O)[C@@H](OC)C(=O)[C@H](C)C[C@H](C)\C=C/C=C\C=C(\C)[C@@H](c3cccc4c(C)c[nH]c34)C[C@@H]3CC[C@@H](C)[C@@](O)(O3)C(=O)C(=O)N3CCCC[C@H]3C(=O)O2)CC[C@H]1O. The summed E-state index contributed by atoms with van der Waals surface area (Å²) in [7, 11) is 2.96. The number of H-pyrrole nitrogens is 1. The molecule has 2 bridgehead atoms. The smallest absolute Gasteiger partial charge is 0.329 e. The zero-order valence-electron chi connectivity index (χ0n) is 45.0. The lowest BCUT2D eigenvalue weighted by Gasteiger charge is -2.43. The van der Waals surface area contributed by atoms with E-state index in [0.29, 0.717) is 63.4 Å². The van der Waals surface area contributed by atoms with E-state index in [-0.39, 0.29) is 60.7 Å². The van der Waals surface area contributed by atoms with Gasteiger partial charge in [0.05, 0.1) is 18.3 Å². The lowest BCUT2D eigenvalue weighted by atomic mass is 9.78. The summed E-state index contributed by atoms with van der Waals surface area (Å²) >= 11 is 0. The third-order valence-electron chi connectivity index (χ3n) is 16.6. The number of amides is 1. The third kappa shape index (κ3) is 13.8. The van der Waals surface area contributed by atoms with Crippen molar-refractivity contribution in [2.45, 2.75) is 187 Å². The van der Waals surface area contributed by atoms with Crippen LogP contribution in [0.15, 0.2) is 72.0 Å². The number of cyclic esters (lactones) is 1. The number of rotatable bonds is 6. The highest BCUT2D eigenvalue weighted by Crippen LogP contribution is 2.42. The van der Waals surface area contributed by atoms with Crippen molar-refractivity contribution < 1.29 is 58.2 Å². The molecule has 73 heavy (non-hydrogen) atoms. The second-order valence-corrected chi connectivity index (χ2v) is 22.2. The van der Waals surface area contributed by atoms with E-state index in [4.69, 9.17) is 18.9 Å². The van der Waals surface area contributed by atoms with E-state index >= 15 is 0 Å². The Morgan fingerprint density at radius 2 is 1.63 bits per heavy atom. The summed E-state index contributed by atoms with van der Waals surface area (Å²) in [6.07, 6.45) is 14.0. The Labute approximate surface area is 433 Å². The van der Waals surface area contributed by atoms with E-state index in [9.17, 15) is 39.3 Å². The highest BCUT2D eigenvalue weighted by molar-refractivity contribution is 6.39. The predicted molar refractivity (Wildman–Crippen MR) is 280 cm³/mol. The molecule has 4 N–H and O–H groups in total. The van der Waals surface area contributed by atoms with Crippen molar-refractivity contribution in [1.29, 1.82) is 0 Å². The topological polar surface area (TPSA) is 202 Å². The van der Waals surface area contributed by atoms with Crippen molar-refractivity contribution in [3.05, 3.63) is 83.1 Å². The zero-order valence-corrected chi connectivity index (χ0v) is 45.0. The molecule has 4 heterocycles. The number of carbonyl (C=O) groups excluding carboxylic acids is 5. The molecule has 1 aliphatic carbocycles. The van der Waals surface area contributed by atoms with Gasteiger partial charge in [-0.2, -0.15) is 0 Å². The Bertz CT molecular complexity index is 2380. The minimum atomic E-state index is -2.45. The fourth-order valence-corrected chi connectivity index (χ4v) is 11.8. The standard InChI is InChI=1S/C59H84N2O12/c1-34-17-12-11-13-18-35(2)46(45-20-16-19-44-40(7)33-60-52(44)45)31-43-24-22-41(8)59(69,73-43)56(66)57(67)61-26-15-14-21-47(61)58(68)72-50(37(4)29-42-23-25-48(62)51(30-42)70-9)32-49(63)36(3)28-39(6)54(65)55(71-10)53(64)38(5)27-34/h11-13,16-20,28,33-34,36-38,41-43,46-48,50-51,54-55,60,62,65,69H,14-15,21-27,29-32H2,1-10H3/b13-11-,17-12-,35-18-,39-28-/t34-,36-,37-,38-,41-,42+,43+,46+,47+,48-,50+,51-,54-,55+,59-/m1/s1. The Balaban J connectivity index is 1.36. The normalized spacial score (nSPS) is 37.4. The maximum absolute atomic E-state index is 14.6. The molecule has 1 aromatic carbocycles. The number of ether oxygens (including phenoxy) is 4. The molecule has 1 saturated carbocycles. The molecule has 15 atom stereocenters. The van der Waals surface area contributed by atoms with Gasteiger partial charge in [-0.05, 0) is 126 Å². The summed E-state index contributed by atoms with van der Waals surface area (Å²) in [5, 5.41) is 35.5. The minimum Gasteiger partial charge on any atom is -0.460 e. The van der Waals surface area contributed by atoms with Crippen LogP contribution in [0.3, 0.4) is 0 Å². The Hall–Kier alpha value is -4.57. The van der Waals surface area contributed by atoms with Crippen molar-refractivity contribution in [3.63, 3.8) is 0 Å². The number of allylic oxidation sites excluding steroid dienone is 7. The first-order valence-electron chi connectivity index (χ1n) is 26.9. The molecule has 2 aromatic rings. The van der Waals surface area contributed by atoms with Gasteiger partial charge in [-0.3, -0.25) is 19.2 Å². The molecule has 4 aliphatic rings. The first-order chi connectivity index (χ1) is 34.7. The number of carbonyl (C=O) groups is 5. The first-order valence-corrected chi connectivity index (χ1v) is 26.9. The number of hydrogen-bond donors (Lipinski definition) is 4. The van der Waals surface area contributed by atoms with E-state index in [1.807, 2.05) is 77.3 Å². The number of aromatic nitrogens is 1. The fraction of sp³-hybridized carbons (Fsp3) is 0.644. The maximum atomic E-state index is 14.6. The number of nitrogens with one attached hydrogen (secondary N) is 1. The number of aromatic amines is 1. The zero-order chi connectivity index (χ0) is 53.3. The molecule has 14 nitrogen and oxygen atoms in total. The molecule has 0 spiro atoms. The van der Waals surface area contributed by atoms with Gasteiger partial charge < -0.3 is 44.2 Å². The van der Waals surface area contributed by atoms with Crippen LogP contribution in [0, 0.1) is 42.4 Å². The van der Waals surface area contributed by atoms with Gasteiger partial charge in [0.25, 0.3) is 11.7 Å². The Kier molecular flexibility index (Phi) is 20.4. The molecule has 0 unspecified atom stereocenters. The molecule has 3 aliphatic heterocycles.